The molecule has 3 rings (SSSR count). The number of hydrogen-bond acceptors (Lipinski definition) is 6. The van der Waals surface area contributed by atoms with Crippen LogP contribution in [-0.2, 0) is 11.3 Å². The first-order valence-corrected chi connectivity index (χ1v) is 8.10. The minimum Gasteiger partial charge on any atom is -0.374 e. The van der Waals surface area contributed by atoms with Crippen molar-refractivity contribution in [2.45, 2.75) is 38.8 Å². The first-order chi connectivity index (χ1) is 9.76. The number of carbonyl (C=O) groups excluding carboxylic acids is 1. The van der Waals surface area contributed by atoms with Crippen molar-refractivity contribution < 1.29 is 4.79 Å². The summed E-state index contributed by atoms with van der Waals surface area (Å²) in [6.07, 6.45) is 2.74. The molecular formula is C13H21N5OS. The predicted octanol–water partition coefficient (Wildman–Crippen LogP) is 1.07. The Balaban J connectivity index is 1.59. The van der Waals surface area contributed by atoms with Crippen molar-refractivity contribution in [3.63, 3.8) is 0 Å². The quantitative estimate of drug-likeness (QED) is 0.869. The van der Waals surface area contributed by atoms with Gasteiger partial charge in [-0.15, -0.1) is 5.10 Å². The second-order valence-electron chi connectivity index (χ2n) is 5.58. The highest BCUT2D eigenvalue weighted by Crippen LogP contribution is 2.27. The van der Waals surface area contributed by atoms with Gasteiger partial charge in [0.05, 0.1) is 0 Å². The van der Waals surface area contributed by atoms with Crippen molar-refractivity contribution in [1.82, 2.24) is 19.8 Å². The number of likely N-dealkylation sites (tertiary alicyclic amines) is 1. The van der Waals surface area contributed by atoms with E-state index in [1.807, 2.05) is 0 Å². The Bertz CT molecular complexity index is 477. The summed E-state index contributed by atoms with van der Waals surface area (Å²) in [6, 6.07) is 0.384. The molecule has 2 atom stereocenters. The fourth-order valence-corrected chi connectivity index (χ4v) is 3.79. The lowest BCUT2D eigenvalue weighted by Crippen LogP contribution is -2.53. The van der Waals surface area contributed by atoms with Crippen molar-refractivity contribution in [2.24, 2.45) is 5.92 Å². The molecule has 2 aliphatic rings. The molecule has 1 aromatic rings. The Labute approximate surface area is 123 Å². The maximum Gasteiger partial charge on any atom is 0.220 e. The first kappa shape index (κ1) is 13.8. The second-order valence-corrected chi connectivity index (χ2v) is 6.33. The van der Waals surface area contributed by atoms with Gasteiger partial charge in [0.1, 0.15) is 10.7 Å². The van der Waals surface area contributed by atoms with Crippen molar-refractivity contribution >= 4 is 22.4 Å². The minimum atomic E-state index is 0.220. The molecule has 0 aliphatic carbocycles. The highest BCUT2D eigenvalue weighted by atomic mass is 32.1. The molecule has 1 aromatic heterocycles. The minimum absolute atomic E-state index is 0.220. The molecule has 2 fully saturated rings. The lowest BCUT2D eigenvalue weighted by molar-refractivity contribution is -0.125. The average Bonchev–Trinajstić information content (AvgIpc) is 2.87. The van der Waals surface area contributed by atoms with Crippen LogP contribution in [-0.4, -0.2) is 46.1 Å². The lowest BCUT2D eigenvalue weighted by atomic mass is 9.85. The highest BCUT2D eigenvalue weighted by Gasteiger charge is 2.33. The number of aromatic nitrogens is 2. The molecule has 20 heavy (non-hydrogen) atoms. The number of rotatable bonds is 4. The van der Waals surface area contributed by atoms with Gasteiger partial charge in [0.2, 0.25) is 5.91 Å². The monoisotopic (exact) mass is 295 g/mol. The zero-order valence-electron chi connectivity index (χ0n) is 11.8. The number of anilines is 1. The van der Waals surface area contributed by atoms with E-state index in [0.717, 1.165) is 49.7 Å². The summed E-state index contributed by atoms with van der Waals surface area (Å²) in [5, 5.41) is 11.8. The first-order valence-electron chi connectivity index (χ1n) is 7.33. The standard InChI is InChI=1S/C13H21N5OS/c1-2-14-13-11(16-17-20-13)8-18-6-5-10-9(7-18)3-4-12(19)15-10/h9-10,14H,2-8H2,1H3,(H,15,19). The number of fused-ring (bicyclic) bond motifs is 1. The number of piperidine rings is 2. The van der Waals surface area contributed by atoms with Gasteiger partial charge in [0, 0.05) is 50.2 Å². The topological polar surface area (TPSA) is 70.2 Å². The van der Waals surface area contributed by atoms with Crippen LogP contribution in [0.5, 0.6) is 0 Å². The van der Waals surface area contributed by atoms with Crippen LogP contribution in [0.15, 0.2) is 0 Å². The van der Waals surface area contributed by atoms with Crippen molar-refractivity contribution in [1.29, 1.82) is 0 Å². The third-order valence-electron chi connectivity index (χ3n) is 4.17. The van der Waals surface area contributed by atoms with Crippen LogP contribution in [0.4, 0.5) is 5.00 Å². The molecule has 0 saturated carbocycles. The fourth-order valence-electron chi connectivity index (χ4n) is 3.15. The molecule has 0 radical (unpaired) electrons. The number of hydrogen-bond donors (Lipinski definition) is 2. The third-order valence-corrected chi connectivity index (χ3v) is 4.90. The van der Waals surface area contributed by atoms with Crippen LogP contribution in [0.3, 0.4) is 0 Å². The van der Waals surface area contributed by atoms with Crippen molar-refractivity contribution in [3.05, 3.63) is 5.69 Å². The largest absolute Gasteiger partial charge is 0.374 e. The second kappa shape index (κ2) is 6.05. The average molecular weight is 295 g/mol. The molecule has 2 aliphatic heterocycles. The maximum atomic E-state index is 11.4. The summed E-state index contributed by atoms with van der Waals surface area (Å²) in [4.78, 5) is 13.9. The van der Waals surface area contributed by atoms with Crippen LogP contribution in [0.1, 0.15) is 31.9 Å². The highest BCUT2D eigenvalue weighted by molar-refractivity contribution is 7.10. The summed E-state index contributed by atoms with van der Waals surface area (Å²) in [5.41, 5.74) is 1.05. The van der Waals surface area contributed by atoms with Gasteiger partial charge in [-0.05, 0) is 25.7 Å². The Hall–Kier alpha value is -1.21. The van der Waals surface area contributed by atoms with Gasteiger partial charge in [0.25, 0.3) is 0 Å². The van der Waals surface area contributed by atoms with Crippen LogP contribution in [0.25, 0.3) is 0 Å². The molecule has 0 spiro atoms. The van der Waals surface area contributed by atoms with E-state index in [4.69, 9.17) is 0 Å². The smallest absolute Gasteiger partial charge is 0.220 e. The summed E-state index contributed by atoms with van der Waals surface area (Å²) in [7, 11) is 0. The van der Waals surface area contributed by atoms with Gasteiger partial charge in [-0.2, -0.15) is 0 Å². The summed E-state index contributed by atoms with van der Waals surface area (Å²) < 4.78 is 4.04. The molecule has 0 bridgehead atoms. The number of nitrogens with one attached hydrogen (secondary N) is 2. The van der Waals surface area contributed by atoms with E-state index in [-0.39, 0.29) is 5.91 Å². The third kappa shape index (κ3) is 2.93. The maximum absolute atomic E-state index is 11.4. The van der Waals surface area contributed by atoms with Gasteiger partial charge in [-0.3, -0.25) is 9.69 Å². The van der Waals surface area contributed by atoms with E-state index in [1.54, 1.807) is 0 Å². The summed E-state index contributed by atoms with van der Waals surface area (Å²) >= 11 is 1.43. The normalized spacial score (nSPS) is 26.9. The fraction of sp³-hybridized carbons (Fsp3) is 0.769. The van der Waals surface area contributed by atoms with Gasteiger partial charge < -0.3 is 10.6 Å². The van der Waals surface area contributed by atoms with E-state index in [2.05, 4.69) is 32.0 Å². The Kier molecular flexibility index (Phi) is 4.16. The van der Waals surface area contributed by atoms with Gasteiger partial charge in [0.15, 0.2) is 0 Å². The van der Waals surface area contributed by atoms with Gasteiger partial charge in [-0.25, -0.2) is 0 Å². The van der Waals surface area contributed by atoms with Crippen LogP contribution in [0, 0.1) is 5.92 Å². The molecule has 110 valence electrons. The Morgan fingerprint density at radius 1 is 1.50 bits per heavy atom. The molecular weight excluding hydrogens is 274 g/mol. The van der Waals surface area contributed by atoms with Gasteiger partial charge >= 0.3 is 0 Å². The van der Waals surface area contributed by atoms with Crippen LogP contribution >= 0.6 is 11.5 Å². The Morgan fingerprint density at radius 3 is 3.25 bits per heavy atom. The predicted molar refractivity (Wildman–Crippen MR) is 78.6 cm³/mol. The molecule has 7 heteroatoms. The van der Waals surface area contributed by atoms with E-state index in [1.165, 1.54) is 11.5 Å². The lowest BCUT2D eigenvalue weighted by Gasteiger charge is -2.41. The zero-order valence-corrected chi connectivity index (χ0v) is 12.6. The molecule has 2 unspecified atom stereocenters. The molecule has 1 amide bonds. The molecule has 2 N–H and O–H groups in total. The molecule has 3 heterocycles. The van der Waals surface area contributed by atoms with Crippen molar-refractivity contribution in [3.8, 4) is 0 Å². The van der Waals surface area contributed by atoms with Crippen LogP contribution in [0.2, 0.25) is 0 Å². The zero-order chi connectivity index (χ0) is 13.9. The molecule has 6 nitrogen and oxygen atoms in total. The van der Waals surface area contributed by atoms with Gasteiger partial charge in [-0.1, -0.05) is 4.49 Å². The van der Waals surface area contributed by atoms with Crippen molar-refractivity contribution in [2.75, 3.05) is 25.0 Å². The number of amides is 1. The molecule has 0 aromatic carbocycles. The molecule has 2 saturated heterocycles. The SMILES string of the molecule is CCNc1snnc1CN1CCC2NC(=O)CCC2C1. The summed E-state index contributed by atoms with van der Waals surface area (Å²) in [6.45, 7) is 5.90. The number of carbonyl (C=O) groups is 1. The summed E-state index contributed by atoms with van der Waals surface area (Å²) in [5.74, 6) is 0.813. The number of nitrogens with zero attached hydrogens (tertiary/aromatic N) is 3. The van der Waals surface area contributed by atoms with E-state index >= 15 is 0 Å². The van der Waals surface area contributed by atoms with Crippen LogP contribution < -0.4 is 10.6 Å². The Morgan fingerprint density at radius 2 is 2.40 bits per heavy atom. The van der Waals surface area contributed by atoms with E-state index in [0.29, 0.717) is 18.4 Å². The van der Waals surface area contributed by atoms with E-state index in [9.17, 15) is 4.79 Å². The van der Waals surface area contributed by atoms with E-state index < -0.39 is 0 Å².